The van der Waals surface area contributed by atoms with Crippen LogP contribution in [0.5, 0.6) is 0 Å². The van der Waals surface area contributed by atoms with Crippen molar-refractivity contribution in [2.45, 2.75) is 39.7 Å². The van der Waals surface area contributed by atoms with Gasteiger partial charge in [0.2, 0.25) is 5.91 Å². The van der Waals surface area contributed by atoms with E-state index in [0.717, 1.165) is 28.3 Å². The van der Waals surface area contributed by atoms with Crippen LogP contribution < -0.4 is 5.73 Å². The lowest BCUT2D eigenvalue weighted by atomic mass is 9.98. The number of furan rings is 1. The number of aromatic nitrogens is 2. The van der Waals surface area contributed by atoms with Crippen molar-refractivity contribution in [2.24, 2.45) is 0 Å². The van der Waals surface area contributed by atoms with Crippen molar-refractivity contribution < 1.29 is 9.21 Å². The summed E-state index contributed by atoms with van der Waals surface area (Å²) in [6.07, 6.45) is 0.713. The molecule has 6 heteroatoms. The molecule has 1 aliphatic heterocycles. The fraction of sp³-hybridized carbons (Fsp3) is 0.438. The third-order valence-electron chi connectivity index (χ3n) is 4.19. The van der Waals surface area contributed by atoms with E-state index in [-0.39, 0.29) is 11.8 Å². The molecule has 0 aromatic carbocycles. The van der Waals surface area contributed by atoms with Gasteiger partial charge < -0.3 is 15.1 Å². The van der Waals surface area contributed by atoms with E-state index in [2.05, 4.69) is 10.2 Å². The number of amides is 1. The molecule has 3 rings (SSSR count). The third kappa shape index (κ3) is 2.56. The SMILES string of the molecule is Cc1cc([C@@H](C)C(=O)N2CCc3nnc(N)cc3C2)c(C)o1. The first kappa shape index (κ1) is 14.6. The molecule has 22 heavy (non-hydrogen) atoms. The van der Waals surface area contributed by atoms with E-state index < -0.39 is 0 Å². The zero-order valence-corrected chi connectivity index (χ0v) is 13.1. The second-order valence-electron chi connectivity index (χ2n) is 5.84. The molecule has 0 saturated carbocycles. The average molecular weight is 300 g/mol. The lowest BCUT2D eigenvalue weighted by Crippen LogP contribution is -2.38. The summed E-state index contributed by atoms with van der Waals surface area (Å²) in [5, 5.41) is 7.98. The Kier molecular flexibility index (Phi) is 3.60. The number of nitrogens with two attached hydrogens (primary N) is 1. The summed E-state index contributed by atoms with van der Waals surface area (Å²) in [6, 6.07) is 3.75. The summed E-state index contributed by atoms with van der Waals surface area (Å²) >= 11 is 0. The smallest absolute Gasteiger partial charge is 0.230 e. The number of rotatable bonds is 2. The highest BCUT2D eigenvalue weighted by atomic mass is 16.3. The molecule has 0 aliphatic carbocycles. The average Bonchev–Trinajstić information content (AvgIpc) is 2.83. The Morgan fingerprint density at radius 2 is 2.14 bits per heavy atom. The molecular formula is C16H20N4O2. The lowest BCUT2D eigenvalue weighted by molar-refractivity contribution is -0.133. The van der Waals surface area contributed by atoms with E-state index in [1.54, 1.807) is 6.07 Å². The van der Waals surface area contributed by atoms with Gasteiger partial charge in [-0.1, -0.05) is 0 Å². The summed E-state index contributed by atoms with van der Waals surface area (Å²) in [5.74, 6) is 1.92. The molecule has 2 aromatic heterocycles. The van der Waals surface area contributed by atoms with E-state index in [4.69, 9.17) is 10.2 Å². The molecule has 1 aliphatic rings. The summed E-state index contributed by atoms with van der Waals surface area (Å²) in [4.78, 5) is 14.6. The predicted molar refractivity (Wildman–Crippen MR) is 82.2 cm³/mol. The van der Waals surface area contributed by atoms with Crippen LogP contribution in [0.25, 0.3) is 0 Å². The van der Waals surface area contributed by atoms with Gasteiger partial charge in [-0.25, -0.2) is 0 Å². The van der Waals surface area contributed by atoms with Crippen LogP contribution in [0.15, 0.2) is 16.5 Å². The molecule has 1 amide bonds. The highest BCUT2D eigenvalue weighted by Gasteiger charge is 2.28. The fourth-order valence-corrected chi connectivity index (χ4v) is 3.02. The summed E-state index contributed by atoms with van der Waals surface area (Å²) in [7, 11) is 0. The van der Waals surface area contributed by atoms with Gasteiger partial charge in [0.05, 0.1) is 11.6 Å². The molecule has 0 radical (unpaired) electrons. The second kappa shape index (κ2) is 5.44. The molecule has 2 aromatic rings. The van der Waals surface area contributed by atoms with Gasteiger partial charge in [-0.2, -0.15) is 5.10 Å². The first-order valence-electron chi connectivity index (χ1n) is 7.42. The van der Waals surface area contributed by atoms with Gasteiger partial charge in [0.15, 0.2) is 0 Å². The number of carbonyl (C=O) groups excluding carboxylic acids is 1. The Bertz CT molecular complexity index is 723. The molecule has 0 saturated heterocycles. The zero-order chi connectivity index (χ0) is 15.9. The van der Waals surface area contributed by atoms with Gasteiger partial charge in [0.25, 0.3) is 0 Å². The number of anilines is 1. The normalized spacial score (nSPS) is 15.5. The maximum Gasteiger partial charge on any atom is 0.230 e. The van der Waals surface area contributed by atoms with Crippen molar-refractivity contribution in [3.8, 4) is 0 Å². The maximum atomic E-state index is 12.8. The van der Waals surface area contributed by atoms with Crippen molar-refractivity contribution in [1.82, 2.24) is 15.1 Å². The first-order valence-corrected chi connectivity index (χ1v) is 7.42. The van der Waals surface area contributed by atoms with Gasteiger partial charge in [-0.15, -0.1) is 5.10 Å². The number of hydrogen-bond donors (Lipinski definition) is 1. The zero-order valence-electron chi connectivity index (χ0n) is 13.1. The molecule has 0 fully saturated rings. The Balaban J connectivity index is 1.80. The van der Waals surface area contributed by atoms with E-state index in [0.29, 0.717) is 25.3 Å². The summed E-state index contributed by atoms with van der Waals surface area (Å²) in [5.41, 5.74) is 8.56. The van der Waals surface area contributed by atoms with Crippen molar-refractivity contribution in [3.05, 3.63) is 40.5 Å². The van der Waals surface area contributed by atoms with Crippen LogP contribution in [-0.4, -0.2) is 27.5 Å². The maximum absolute atomic E-state index is 12.8. The number of aryl methyl sites for hydroxylation is 2. The topological polar surface area (TPSA) is 85.2 Å². The van der Waals surface area contributed by atoms with Crippen molar-refractivity contribution in [1.29, 1.82) is 0 Å². The molecular weight excluding hydrogens is 280 g/mol. The van der Waals surface area contributed by atoms with Gasteiger partial charge in [-0.05, 0) is 38.5 Å². The summed E-state index contributed by atoms with van der Waals surface area (Å²) < 4.78 is 5.54. The van der Waals surface area contributed by atoms with Crippen LogP contribution in [0.4, 0.5) is 5.82 Å². The van der Waals surface area contributed by atoms with E-state index in [9.17, 15) is 4.79 Å². The monoisotopic (exact) mass is 300 g/mol. The van der Waals surface area contributed by atoms with Crippen molar-refractivity contribution in [3.63, 3.8) is 0 Å². The van der Waals surface area contributed by atoms with Crippen molar-refractivity contribution in [2.75, 3.05) is 12.3 Å². The highest BCUT2D eigenvalue weighted by molar-refractivity contribution is 5.83. The van der Waals surface area contributed by atoms with Crippen LogP contribution >= 0.6 is 0 Å². The number of nitrogen functional groups attached to an aromatic ring is 1. The third-order valence-corrected chi connectivity index (χ3v) is 4.19. The molecule has 6 nitrogen and oxygen atoms in total. The Morgan fingerprint density at radius 1 is 1.36 bits per heavy atom. The van der Waals surface area contributed by atoms with Gasteiger partial charge in [-0.3, -0.25) is 4.79 Å². The minimum atomic E-state index is -0.217. The van der Waals surface area contributed by atoms with Gasteiger partial charge in [0, 0.05) is 25.1 Å². The number of nitrogens with zero attached hydrogens (tertiary/aromatic N) is 3. The number of fused-ring (bicyclic) bond motifs is 1. The van der Waals surface area contributed by atoms with Crippen LogP contribution in [0.2, 0.25) is 0 Å². The Morgan fingerprint density at radius 3 is 2.82 bits per heavy atom. The number of hydrogen-bond acceptors (Lipinski definition) is 5. The van der Waals surface area contributed by atoms with Gasteiger partial charge in [0.1, 0.15) is 17.3 Å². The Labute approximate surface area is 129 Å². The van der Waals surface area contributed by atoms with Crippen LogP contribution in [0.1, 0.15) is 41.2 Å². The minimum Gasteiger partial charge on any atom is -0.466 e. The fourth-order valence-electron chi connectivity index (χ4n) is 3.02. The molecule has 1 atom stereocenters. The largest absolute Gasteiger partial charge is 0.466 e. The molecule has 0 bridgehead atoms. The molecule has 2 N–H and O–H groups in total. The quantitative estimate of drug-likeness (QED) is 0.916. The predicted octanol–water partition coefficient (Wildman–Crippen LogP) is 1.96. The van der Waals surface area contributed by atoms with E-state index >= 15 is 0 Å². The van der Waals surface area contributed by atoms with Crippen LogP contribution in [0, 0.1) is 13.8 Å². The highest BCUT2D eigenvalue weighted by Crippen LogP contribution is 2.27. The van der Waals surface area contributed by atoms with Crippen molar-refractivity contribution >= 4 is 11.7 Å². The first-order chi connectivity index (χ1) is 10.5. The molecule has 116 valence electrons. The van der Waals surface area contributed by atoms with Gasteiger partial charge >= 0.3 is 0 Å². The Hall–Kier alpha value is -2.37. The minimum absolute atomic E-state index is 0.102. The summed E-state index contributed by atoms with van der Waals surface area (Å²) in [6.45, 7) is 6.91. The van der Waals surface area contributed by atoms with E-state index in [1.807, 2.05) is 31.7 Å². The lowest BCUT2D eigenvalue weighted by Gasteiger charge is -2.30. The van der Waals surface area contributed by atoms with Crippen LogP contribution in [-0.2, 0) is 17.8 Å². The second-order valence-corrected chi connectivity index (χ2v) is 5.84. The molecule has 3 heterocycles. The van der Waals surface area contributed by atoms with E-state index in [1.165, 1.54) is 0 Å². The number of carbonyl (C=O) groups is 1. The molecule has 0 spiro atoms. The molecule has 0 unspecified atom stereocenters. The van der Waals surface area contributed by atoms with Crippen LogP contribution in [0.3, 0.4) is 0 Å². The standard InChI is InChI=1S/C16H20N4O2/c1-9-6-13(11(3)22-9)10(2)16(21)20-5-4-14-12(8-20)7-15(17)19-18-14/h6-7,10H,4-5,8H2,1-3H3,(H2,17,19)/t10-/m1/s1.